The highest BCUT2D eigenvalue weighted by atomic mass is 32.1. The second kappa shape index (κ2) is 6.95. The number of ether oxygens (including phenoxy) is 1. The Balaban J connectivity index is 1.90. The van der Waals surface area contributed by atoms with E-state index in [0.717, 1.165) is 27.5 Å². The molecule has 0 N–H and O–H groups in total. The fourth-order valence-electron chi connectivity index (χ4n) is 2.16. The van der Waals surface area contributed by atoms with Crippen molar-refractivity contribution in [2.75, 3.05) is 7.11 Å². The van der Waals surface area contributed by atoms with Crippen molar-refractivity contribution < 1.29 is 4.74 Å². The topological polar surface area (TPSA) is 58.8 Å². The average molecular weight is 331 g/mol. The summed E-state index contributed by atoms with van der Waals surface area (Å²) in [5.41, 5.74) is 3.66. The maximum Gasteiger partial charge on any atom is 0.128 e. The molecule has 2 heterocycles. The van der Waals surface area contributed by atoms with E-state index in [0.29, 0.717) is 11.3 Å². The van der Waals surface area contributed by atoms with E-state index in [2.05, 4.69) is 27.9 Å². The van der Waals surface area contributed by atoms with Crippen molar-refractivity contribution in [3.8, 4) is 34.9 Å². The van der Waals surface area contributed by atoms with Gasteiger partial charge >= 0.3 is 0 Å². The van der Waals surface area contributed by atoms with E-state index >= 15 is 0 Å². The number of hydrogen-bond acceptors (Lipinski definition) is 5. The molecule has 0 radical (unpaired) electrons. The van der Waals surface area contributed by atoms with E-state index in [9.17, 15) is 0 Å². The summed E-state index contributed by atoms with van der Waals surface area (Å²) in [6, 6.07) is 11.2. The van der Waals surface area contributed by atoms with Crippen LogP contribution in [0.4, 0.5) is 0 Å². The third-order valence-corrected chi connectivity index (χ3v) is 4.10. The maximum atomic E-state index is 9.06. The van der Waals surface area contributed by atoms with Gasteiger partial charge in [-0.3, -0.25) is 4.98 Å². The van der Waals surface area contributed by atoms with Gasteiger partial charge in [-0.15, -0.1) is 11.3 Å². The van der Waals surface area contributed by atoms with Gasteiger partial charge in [-0.2, -0.15) is 5.26 Å². The third kappa shape index (κ3) is 3.43. The van der Waals surface area contributed by atoms with Crippen LogP contribution in [0, 0.1) is 30.1 Å². The van der Waals surface area contributed by atoms with Crippen LogP contribution in [0.2, 0.25) is 0 Å². The quantitative estimate of drug-likeness (QED) is 0.670. The predicted octanol–water partition coefficient (Wildman–Crippen LogP) is 3.79. The lowest BCUT2D eigenvalue weighted by Gasteiger charge is -2.08. The Bertz CT molecular complexity index is 972. The minimum atomic E-state index is 0.565. The predicted molar refractivity (Wildman–Crippen MR) is 93.8 cm³/mol. The Labute approximate surface area is 144 Å². The summed E-state index contributed by atoms with van der Waals surface area (Å²) in [6.07, 6.45) is 1.71. The summed E-state index contributed by atoms with van der Waals surface area (Å²) in [6.45, 7) is 1.95. The minimum absolute atomic E-state index is 0.565. The van der Waals surface area contributed by atoms with Crippen LogP contribution < -0.4 is 4.74 Å². The Kier molecular flexibility index (Phi) is 4.56. The molecule has 0 bridgehead atoms. The van der Waals surface area contributed by atoms with Gasteiger partial charge in [0, 0.05) is 22.7 Å². The van der Waals surface area contributed by atoms with Crippen molar-refractivity contribution in [1.29, 1.82) is 5.26 Å². The van der Waals surface area contributed by atoms with Crippen molar-refractivity contribution in [2.24, 2.45) is 0 Å². The van der Waals surface area contributed by atoms with Gasteiger partial charge in [-0.05, 0) is 43.2 Å². The fraction of sp³-hybridized carbons (Fsp3) is 0.105. The molecule has 24 heavy (non-hydrogen) atoms. The lowest BCUT2D eigenvalue weighted by molar-refractivity contribution is 0.416. The smallest absolute Gasteiger partial charge is 0.128 e. The Hall–Kier alpha value is -3.15. The Morgan fingerprint density at radius 1 is 1.12 bits per heavy atom. The summed E-state index contributed by atoms with van der Waals surface area (Å²) >= 11 is 1.58. The van der Waals surface area contributed by atoms with Crippen molar-refractivity contribution in [1.82, 2.24) is 9.97 Å². The maximum absolute atomic E-state index is 9.06. The number of hydrogen-bond donors (Lipinski definition) is 0. The Morgan fingerprint density at radius 2 is 1.96 bits per heavy atom. The van der Waals surface area contributed by atoms with E-state index in [4.69, 9.17) is 10.00 Å². The molecule has 0 saturated heterocycles. The van der Waals surface area contributed by atoms with Crippen LogP contribution in [-0.4, -0.2) is 17.1 Å². The molecule has 116 valence electrons. The molecule has 0 fully saturated rings. The number of pyridine rings is 1. The highest BCUT2D eigenvalue weighted by Gasteiger charge is 2.08. The molecule has 0 amide bonds. The first-order valence-corrected chi connectivity index (χ1v) is 8.06. The largest absolute Gasteiger partial charge is 0.496 e. The van der Waals surface area contributed by atoms with Crippen molar-refractivity contribution in [3.05, 3.63) is 63.7 Å². The highest BCUT2D eigenvalue weighted by Crippen LogP contribution is 2.29. The number of aryl methyl sites for hydroxylation is 1. The number of thiazole rings is 1. The van der Waals surface area contributed by atoms with Crippen molar-refractivity contribution >= 4 is 11.3 Å². The molecule has 0 aliphatic heterocycles. The zero-order valence-electron chi connectivity index (χ0n) is 13.2. The van der Waals surface area contributed by atoms with Crippen LogP contribution in [0.5, 0.6) is 5.75 Å². The first kappa shape index (κ1) is 15.7. The molecule has 5 heteroatoms. The fourth-order valence-corrected chi connectivity index (χ4v) is 2.71. The third-order valence-electron chi connectivity index (χ3n) is 3.32. The molecule has 1 aromatic carbocycles. The normalized spacial score (nSPS) is 9.71. The van der Waals surface area contributed by atoms with Gasteiger partial charge in [-0.25, -0.2) is 4.98 Å². The van der Waals surface area contributed by atoms with Gasteiger partial charge in [0.05, 0.1) is 29.4 Å². The van der Waals surface area contributed by atoms with Crippen LogP contribution in [-0.2, 0) is 0 Å². The zero-order chi connectivity index (χ0) is 16.9. The van der Waals surface area contributed by atoms with Gasteiger partial charge < -0.3 is 4.74 Å². The van der Waals surface area contributed by atoms with Crippen LogP contribution in [0.15, 0.2) is 41.9 Å². The second-order valence-corrected chi connectivity index (χ2v) is 6.02. The standard InChI is InChI=1S/C19H13N3OS/c1-13-22-16(12-24-13)6-3-14-4-7-18(21-11-14)17-9-15(10-20)5-8-19(17)23-2/h4-5,7-9,11-12H,1-2H3. The molecule has 3 rings (SSSR count). The summed E-state index contributed by atoms with van der Waals surface area (Å²) in [5, 5.41) is 12.0. The SMILES string of the molecule is COc1ccc(C#N)cc1-c1ccc(C#Cc2csc(C)n2)cn1. The van der Waals surface area contributed by atoms with Gasteiger partial charge in [-0.1, -0.05) is 5.92 Å². The number of nitriles is 1. The second-order valence-electron chi connectivity index (χ2n) is 4.96. The molecule has 0 aliphatic rings. The molecule has 0 unspecified atom stereocenters. The molecule has 3 aromatic rings. The molecule has 2 aromatic heterocycles. The minimum Gasteiger partial charge on any atom is -0.496 e. The number of nitrogens with zero attached hydrogens (tertiary/aromatic N) is 3. The number of rotatable bonds is 2. The van der Waals surface area contributed by atoms with E-state index < -0.39 is 0 Å². The van der Waals surface area contributed by atoms with Crippen LogP contribution >= 0.6 is 11.3 Å². The molecular weight excluding hydrogens is 318 g/mol. The average Bonchev–Trinajstić information content (AvgIpc) is 3.05. The van der Waals surface area contributed by atoms with E-state index in [1.54, 1.807) is 42.8 Å². The van der Waals surface area contributed by atoms with Crippen molar-refractivity contribution in [2.45, 2.75) is 6.92 Å². The number of methoxy groups -OCH3 is 1. The molecular formula is C19H13N3OS. The lowest BCUT2D eigenvalue weighted by atomic mass is 10.1. The lowest BCUT2D eigenvalue weighted by Crippen LogP contribution is -1.91. The molecule has 0 saturated carbocycles. The summed E-state index contributed by atoms with van der Waals surface area (Å²) in [7, 11) is 1.60. The monoisotopic (exact) mass is 331 g/mol. The summed E-state index contributed by atoms with van der Waals surface area (Å²) in [4.78, 5) is 8.75. The van der Waals surface area contributed by atoms with Crippen LogP contribution in [0.3, 0.4) is 0 Å². The first-order chi connectivity index (χ1) is 11.7. The van der Waals surface area contributed by atoms with Gasteiger partial charge in [0.2, 0.25) is 0 Å². The van der Waals surface area contributed by atoms with E-state index in [1.807, 2.05) is 24.4 Å². The molecule has 4 nitrogen and oxygen atoms in total. The van der Waals surface area contributed by atoms with Gasteiger partial charge in [0.1, 0.15) is 11.4 Å². The van der Waals surface area contributed by atoms with E-state index in [1.165, 1.54) is 0 Å². The van der Waals surface area contributed by atoms with Crippen molar-refractivity contribution in [3.63, 3.8) is 0 Å². The number of benzene rings is 1. The van der Waals surface area contributed by atoms with Crippen LogP contribution in [0.25, 0.3) is 11.3 Å². The summed E-state index contributed by atoms with van der Waals surface area (Å²) < 4.78 is 5.35. The molecule has 0 spiro atoms. The van der Waals surface area contributed by atoms with Gasteiger partial charge in [0.15, 0.2) is 0 Å². The summed E-state index contributed by atoms with van der Waals surface area (Å²) in [5.74, 6) is 6.75. The number of aromatic nitrogens is 2. The molecule has 0 atom stereocenters. The van der Waals surface area contributed by atoms with E-state index in [-0.39, 0.29) is 0 Å². The van der Waals surface area contributed by atoms with Gasteiger partial charge in [0.25, 0.3) is 0 Å². The Morgan fingerprint density at radius 3 is 2.58 bits per heavy atom. The zero-order valence-corrected chi connectivity index (χ0v) is 14.0. The highest BCUT2D eigenvalue weighted by molar-refractivity contribution is 7.09. The molecule has 0 aliphatic carbocycles. The first-order valence-electron chi connectivity index (χ1n) is 7.18. The van der Waals surface area contributed by atoms with Crippen LogP contribution in [0.1, 0.15) is 21.8 Å².